The van der Waals surface area contributed by atoms with Crippen LogP contribution in [-0.2, 0) is 0 Å². The SMILES string of the molecule is CC1CCC(Nc2ccc(F)cc2N)C1C. The predicted octanol–water partition coefficient (Wildman–Crippen LogP) is 3.25. The standard InChI is InChI=1S/C13H19FN2/c1-8-3-5-12(9(8)2)16-13-6-4-10(14)7-11(13)15/h4,6-9,12,16H,3,5,15H2,1-2H3. The molecule has 16 heavy (non-hydrogen) atoms. The molecule has 0 spiro atoms. The molecule has 3 unspecified atom stereocenters. The maximum atomic E-state index is 12.9. The minimum atomic E-state index is -0.282. The predicted molar refractivity (Wildman–Crippen MR) is 65.8 cm³/mol. The average Bonchev–Trinajstić information content (AvgIpc) is 2.54. The first-order chi connectivity index (χ1) is 7.58. The molecule has 0 aliphatic heterocycles. The molecule has 0 aromatic heterocycles. The van der Waals surface area contributed by atoms with Crippen LogP contribution in [0.4, 0.5) is 15.8 Å². The van der Waals surface area contributed by atoms with Gasteiger partial charge in [-0.3, -0.25) is 0 Å². The van der Waals surface area contributed by atoms with E-state index in [0.29, 0.717) is 17.6 Å². The van der Waals surface area contributed by atoms with Crippen LogP contribution in [-0.4, -0.2) is 6.04 Å². The number of nitrogens with one attached hydrogen (secondary N) is 1. The van der Waals surface area contributed by atoms with Gasteiger partial charge in [0.25, 0.3) is 0 Å². The van der Waals surface area contributed by atoms with Gasteiger partial charge < -0.3 is 11.1 Å². The van der Waals surface area contributed by atoms with Crippen LogP contribution >= 0.6 is 0 Å². The lowest BCUT2D eigenvalue weighted by Gasteiger charge is -2.21. The van der Waals surface area contributed by atoms with E-state index in [4.69, 9.17) is 5.73 Å². The maximum absolute atomic E-state index is 12.9. The zero-order valence-electron chi connectivity index (χ0n) is 9.83. The van der Waals surface area contributed by atoms with Crippen LogP contribution in [0.3, 0.4) is 0 Å². The van der Waals surface area contributed by atoms with E-state index >= 15 is 0 Å². The van der Waals surface area contributed by atoms with Gasteiger partial charge in [-0.2, -0.15) is 0 Å². The van der Waals surface area contributed by atoms with E-state index in [1.165, 1.54) is 25.0 Å². The number of nitrogen functional groups attached to an aromatic ring is 1. The Labute approximate surface area is 96.0 Å². The third-order valence-electron chi connectivity index (χ3n) is 3.82. The first kappa shape index (κ1) is 11.2. The summed E-state index contributed by atoms with van der Waals surface area (Å²) < 4.78 is 12.9. The quantitative estimate of drug-likeness (QED) is 0.754. The van der Waals surface area contributed by atoms with Crippen LogP contribution in [0.15, 0.2) is 18.2 Å². The summed E-state index contributed by atoms with van der Waals surface area (Å²) in [5.41, 5.74) is 7.12. The normalized spacial score (nSPS) is 29.3. The fraction of sp³-hybridized carbons (Fsp3) is 0.538. The van der Waals surface area contributed by atoms with E-state index in [1.54, 1.807) is 6.07 Å². The molecule has 3 heteroatoms. The largest absolute Gasteiger partial charge is 0.397 e. The van der Waals surface area contributed by atoms with Crippen molar-refractivity contribution in [2.75, 3.05) is 11.1 Å². The summed E-state index contributed by atoms with van der Waals surface area (Å²) in [5, 5.41) is 3.42. The molecule has 0 amide bonds. The van der Waals surface area contributed by atoms with Crippen LogP contribution in [0.25, 0.3) is 0 Å². The van der Waals surface area contributed by atoms with Crippen LogP contribution < -0.4 is 11.1 Å². The third-order valence-corrected chi connectivity index (χ3v) is 3.82. The first-order valence-electron chi connectivity index (χ1n) is 5.89. The van der Waals surface area contributed by atoms with Crippen molar-refractivity contribution in [3.63, 3.8) is 0 Å². The number of halogens is 1. The minimum absolute atomic E-state index is 0.282. The van der Waals surface area contributed by atoms with E-state index < -0.39 is 0 Å². The first-order valence-corrected chi connectivity index (χ1v) is 5.89. The molecule has 1 saturated carbocycles. The average molecular weight is 222 g/mol. The Bertz CT molecular complexity index is 378. The van der Waals surface area contributed by atoms with Crippen molar-refractivity contribution in [1.82, 2.24) is 0 Å². The highest BCUT2D eigenvalue weighted by atomic mass is 19.1. The lowest BCUT2D eigenvalue weighted by Crippen LogP contribution is -2.24. The molecule has 3 atom stereocenters. The van der Waals surface area contributed by atoms with Gasteiger partial charge in [0.2, 0.25) is 0 Å². The summed E-state index contributed by atoms with van der Waals surface area (Å²) in [6.07, 6.45) is 2.42. The Morgan fingerprint density at radius 2 is 2.06 bits per heavy atom. The summed E-state index contributed by atoms with van der Waals surface area (Å²) in [5.74, 6) is 1.11. The highest BCUT2D eigenvalue weighted by Crippen LogP contribution is 2.34. The Morgan fingerprint density at radius 3 is 2.62 bits per heavy atom. The molecule has 1 aromatic rings. The smallest absolute Gasteiger partial charge is 0.125 e. The fourth-order valence-corrected chi connectivity index (χ4v) is 2.43. The van der Waals surface area contributed by atoms with Gasteiger partial charge >= 0.3 is 0 Å². The Kier molecular flexibility index (Phi) is 3.03. The van der Waals surface area contributed by atoms with E-state index in [9.17, 15) is 4.39 Å². The molecule has 2 nitrogen and oxygen atoms in total. The number of hydrogen-bond donors (Lipinski definition) is 2. The zero-order valence-corrected chi connectivity index (χ0v) is 9.83. The van der Waals surface area contributed by atoms with Crippen LogP contribution in [0, 0.1) is 17.7 Å². The molecule has 1 aliphatic rings. The van der Waals surface area contributed by atoms with Crippen molar-refractivity contribution in [2.24, 2.45) is 11.8 Å². The maximum Gasteiger partial charge on any atom is 0.125 e. The van der Waals surface area contributed by atoms with E-state index in [0.717, 1.165) is 11.6 Å². The van der Waals surface area contributed by atoms with E-state index in [-0.39, 0.29) is 5.82 Å². The lowest BCUT2D eigenvalue weighted by atomic mass is 9.97. The Balaban J connectivity index is 2.09. The number of hydrogen-bond acceptors (Lipinski definition) is 2. The molecule has 0 radical (unpaired) electrons. The molecule has 3 N–H and O–H groups in total. The number of nitrogens with two attached hydrogens (primary N) is 1. The highest BCUT2D eigenvalue weighted by molar-refractivity contribution is 5.66. The monoisotopic (exact) mass is 222 g/mol. The Hall–Kier alpha value is -1.25. The van der Waals surface area contributed by atoms with Crippen molar-refractivity contribution >= 4 is 11.4 Å². The Morgan fingerprint density at radius 1 is 1.31 bits per heavy atom. The minimum Gasteiger partial charge on any atom is -0.397 e. The van der Waals surface area contributed by atoms with Gasteiger partial charge in [0, 0.05) is 6.04 Å². The zero-order chi connectivity index (χ0) is 11.7. The van der Waals surface area contributed by atoms with Gasteiger partial charge in [-0.25, -0.2) is 4.39 Å². The number of benzene rings is 1. The van der Waals surface area contributed by atoms with Crippen LogP contribution in [0.2, 0.25) is 0 Å². The lowest BCUT2D eigenvalue weighted by molar-refractivity contribution is 0.435. The van der Waals surface area contributed by atoms with Gasteiger partial charge in [0.15, 0.2) is 0 Å². The molecule has 1 aliphatic carbocycles. The highest BCUT2D eigenvalue weighted by Gasteiger charge is 2.29. The molecule has 1 aromatic carbocycles. The van der Waals surface area contributed by atoms with Crippen molar-refractivity contribution in [3.8, 4) is 0 Å². The molecule has 0 saturated heterocycles. The topological polar surface area (TPSA) is 38.0 Å². The second-order valence-electron chi connectivity index (χ2n) is 4.90. The molecule has 1 fully saturated rings. The summed E-state index contributed by atoms with van der Waals surface area (Å²) in [6.45, 7) is 4.54. The van der Waals surface area contributed by atoms with Crippen molar-refractivity contribution in [2.45, 2.75) is 32.7 Å². The van der Waals surface area contributed by atoms with Gasteiger partial charge in [-0.15, -0.1) is 0 Å². The summed E-state index contributed by atoms with van der Waals surface area (Å²) >= 11 is 0. The molecule has 2 rings (SSSR count). The van der Waals surface area contributed by atoms with Gasteiger partial charge in [0.05, 0.1) is 11.4 Å². The summed E-state index contributed by atoms with van der Waals surface area (Å²) in [6, 6.07) is 5.00. The number of anilines is 2. The molecule has 88 valence electrons. The summed E-state index contributed by atoms with van der Waals surface area (Å²) in [4.78, 5) is 0. The van der Waals surface area contributed by atoms with Crippen molar-refractivity contribution in [1.29, 1.82) is 0 Å². The van der Waals surface area contributed by atoms with Gasteiger partial charge in [-0.1, -0.05) is 13.8 Å². The third kappa shape index (κ3) is 2.13. The fourth-order valence-electron chi connectivity index (χ4n) is 2.43. The van der Waals surface area contributed by atoms with Crippen LogP contribution in [0.1, 0.15) is 26.7 Å². The van der Waals surface area contributed by atoms with Gasteiger partial charge in [-0.05, 0) is 42.9 Å². The molecule has 0 heterocycles. The second-order valence-corrected chi connectivity index (χ2v) is 4.90. The second kappa shape index (κ2) is 4.32. The molecule has 0 bridgehead atoms. The molecular formula is C13H19FN2. The van der Waals surface area contributed by atoms with Crippen molar-refractivity contribution in [3.05, 3.63) is 24.0 Å². The van der Waals surface area contributed by atoms with Gasteiger partial charge in [0.1, 0.15) is 5.82 Å². The number of rotatable bonds is 2. The molecular weight excluding hydrogens is 203 g/mol. The van der Waals surface area contributed by atoms with Crippen LogP contribution in [0.5, 0.6) is 0 Å². The van der Waals surface area contributed by atoms with E-state index in [1.807, 2.05) is 0 Å². The summed E-state index contributed by atoms with van der Waals surface area (Å²) in [7, 11) is 0. The van der Waals surface area contributed by atoms with E-state index in [2.05, 4.69) is 19.2 Å². The van der Waals surface area contributed by atoms with Crippen molar-refractivity contribution < 1.29 is 4.39 Å².